The standard InChI is InChI=1S/C14H16ClN5/c1-4-10-12(8-19(3)18-10)20-13(9(2)15)17-11-6-5-7-16-14(11)20/h5-9H,4H2,1-3H3. The van der Waals surface area contributed by atoms with Crippen molar-refractivity contribution >= 4 is 22.8 Å². The van der Waals surface area contributed by atoms with E-state index in [4.69, 9.17) is 11.6 Å². The Morgan fingerprint density at radius 2 is 2.20 bits per heavy atom. The molecule has 0 saturated carbocycles. The van der Waals surface area contributed by atoms with Crippen LogP contribution in [-0.2, 0) is 13.5 Å². The summed E-state index contributed by atoms with van der Waals surface area (Å²) in [6, 6.07) is 3.83. The molecule has 20 heavy (non-hydrogen) atoms. The first-order valence-corrected chi connectivity index (χ1v) is 7.05. The highest BCUT2D eigenvalue weighted by Gasteiger charge is 2.20. The van der Waals surface area contributed by atoms with Gasteiger partial charge in [-0.1, -0.05) is 6.92 Å². The molecule has 0 saturated heterocycles. The fraction of sp³-hybridized carbons (Fsp3) is 0.357. The Kier molecular flexibility index (Phi) is 3.22. The number of fused-ring (bicyclic) bond motifs is 1. The van der Waals surface area contributed by atoms with E-state index < -0.39 is 0 Å². The van der Waals surface area contributed by atoms with Crippen molar-refractivity contribution in [2.24, 2.45) is 7.05 Å². The van der Waals surface area contributed by atoms with Gasteiger partial charge in [0, 0.05) is 19.4 Å². The Bertz CT molecular complexity index is 756. The van der Waals surface area contributed by atoms with Gasteiger partial charge in [0.25, 0.3) is 0 Å². The van der Waals surface area contributed by atoms with E-state index in [2.05, 4.69) is 22.0 Å². The number of hydrogen-bond donors (Lipinski definition) is 0. The molecule has 5 nitrogen and oxygen atoms in total. The second-order valence-electron chi connectivity index (χ2n) is 4.76. The van der Waals surface area contributed by atoms with Gasteiger partial charge in [-0.2, -0.15) is 5.10 Å². The molecule has 3 heterocycles. The molecule has 1 unspecified atom stereocenters. The van der Waals surface area contributed by atoms with Gasteiger partial charge in [0.1, 0.15) is 11.3 Å². The molecule has 6 heteroatoms. The highest BCUT2D eigenvalue weighted by molar-refractivity contribution is 6.20. The molecule has 0 fully saturated rings. The van der Waals surface area contributed by atoms with Crippen LogP contribution in [0.4, 0.5) is 0 Å². The minimum atomic E-state index is -0.200. The lowest BCUT2D eigenvalue weighted by Gasteiger charge is -2.09. The Labute approximate surface area is 122 Å². The average Bonchev–Trinajstić information content (AvgIpc) is 2.98. The van der Waals surface area contributed by atoms with Crippen LogP contribution in [0.5, 0.6) is 0 Å². The van der Waals surface area contributed by atoms with Crippen LogP contribution in [0.3, 0.4) is 0 Å². The zero-order valence-electron chi connectivity index (χ0n) is 11.7. The van der Waals surface area contributed by atoms with E-state index in [1.54, 1.807) is 6.20 Å². The first-order valence-electron chi connectivity index (χ1n) is 6.62. The van der Waals surface area contributed by atoms with E-state index >= 15 is 0 Å². The van der Waals surface area contributed by atoms with Gasteiger partial charge in [0.05, 0.1) is 16.8 Å². The van der Waals surface area contributed by atoms with Gasteiger partial charge >= 0.3 is 0 Å². The fourth-order valence-electron chi connectivity index (χ4n) is 2.39. The van der Waals surface area contributed by atoms with Crippen molar-refractivity contribution in [3.05, 3.63) is 36.0 Å². The number of imidazole rings is 1. The number of alkyl halides is 1. The first-order chi connectivity index (χ1) is 9.61. The van der Waals surface area contributed by atoms with Crippen molar-refractivity contribution < 1.29 is 0 Å². The minimum absolute atomic E-state index is 0.200. The zero-order valence-corrected chi connectivity index (χ0v) is 12.5. The van der Waals surface area contributed by atoms with Gasteiger partial charge in [-0.25, -0.2) is 9.97 Å². The molecule has 0 bridgehead atoms. The monoisotopic (exact) mass is 289 g/mol. The normalized spacial score (nSPS) is 13.0. The van der Waals surface area contributed by atoms with E-state index in [0.29, 0.717) is 0 Å². The smallest absolute Gasteiger partial charge is 0.164 e. The number of aryl methyl sites for hydroxylation is 2. The maximum atomic E-state index is 6.29. The molecule has 0 amide bonds. The molecule has 0 N–H and O–H groups in total. The molecule has 3 aromatic rings. The molecule has 0 aliphatic carbocycles. The van der Waals surface area contributed by atoms with Gasteiger partial charge in [0.15, 0.2) is 5.65 Å². The second-order valence-corrected chi connectivity index (χ2v) is 5.41. The third-order valence-electron chi connectivity index (χ3n) is 3.26. The van der Waals surface area contributed by atoms with Gasteiger partial charge in [-0.05, 0) is 25.5 Å². The lowest BCUT2D eigenvalue weighted by Crippen LogP contribution is -2.04. The molecule has 0 spiro atoms. The van der Waals surface area contributed by atoms with Crippen molar-refractivity contribution in [1.82, 2.24) is 24.3 Å². The fourth-order valence-corrected chi connectivity index (χ4v) is 2.54. The maximum Gasteiger partial charge on any atom is 0.164 e. The van der Waals surface area contributed by atoms with Crippen LogP contribution in [0, 0.1) is 0 Å². The summed E-state index contributed by atoms with van der Waals surface area (Å²) in [5, 5.41) is 4.29. The number of aromatic nitrogens is 5. The largest absolute Gasteiger partial charge is 0.276 e. The quantitative estimate of drug-likeness (QED) is 0.696. The van der Waals surface area contributed by atoms with Crippen molar-refractivity contribution in [2.45, 2.75) is 25.6 Å². The van der Waals surface area contributed by atoms with E-state index in [1.807, 2.05) is 41.5 Å². The molecule has 3 rings (SSSR count). The van der Waals surface area contributed by atoms with Crippen LogP contribution in [-0.4, -0.2) is 24.3 Å². The molecule has 1 atom stereocenters. The van der Waals surface area contributed by atoms with Crippen LogP contribution < -0.4 is 0 Å². The summed E-state index contributed by atoms with van der Waals surface area (Å²) < 4.78 is 3.82. The first kappa shape index (κ1) is 13.1. The van der Waals surface area contributed by atoms with Crippen LogP contribution in [0.2, 0.25) is 0 Å². The highest BCUT2D eigenvalue weighted by atomic mass is 35.5. The van der Waals surface area contributed by atoms with Gasteiger partial charge in [0.2, 0.25) is 0 Å². The third kappa shape index (κ3) is 1.98. The van der Waals surface area contributed by atoms with Crippen molar-refractivity contribution in [1.29, 1.82) is 0 Å². The minimum Gasteiger partial charge on any atom is -0.276 e. The molecule has 0 radical (unpaired) electrons. The van der Waals surface area contributed by atoms with Crippen LogP contribution in [0.1, 0.15) is 30.7 Å². The number of nitrogens with zero attached hydrogens (tertiary/aromatic N) is 5. The predicted octanol–water partition coefficient (Wildman–Crippen LogP) is 3.02. The van der Waals surface area contributed by atoms with Gasteiger partial charge in [-0.15, -0.1) is 11.6 Å². The molecular weight excluding hydrogens is 274 g/mol. The Hall–Kier alpha value is -1.88. The van der Waals surface area contributed by atoms with Crippen molar-refractivity contribution in [3.63, 3.8) is 0 Å². The number of hydrogen-bond acceptors (Lipinski definition) is 3. The molecule has 0 aliphatic rings. The number of rotatable bonds is 3. The predicted molar refractivity (Wildman–Crippen MR) is 79.3 cm³/mol. The summed E-state index contributed by atoms with van der Waals surface area (Å²) in [7, 11) is 1.92. The van der Waals surface area contributed by atoms with Crippen molar-refractivity contribution in [3.8, 4) is 5.69 Å². The van der Waals surface area contributed by atoms with E-state index in [0.717, 1.165) is 34.8 Å². The second kappa shape index (κ2) is 4.90. The summed E-state index contributed by atoms with van der Waals surface area (Å²) in [5.74, 6) is 0.795. The van der Waals surface area contributed by atoms with Crippen LogP contribution in [0.15, 0.2) is 24.5 Å². The highest BCUT2D eigenvalue weighted by Crippen LogP contribution is 2.28. The topological polar surface area (TPSA) is 48.5 Å². The average molecular weight is 290 g/mol. The zero-order chi connectivity index (χ0) is 14.3. The summed E-state index contributed by atoms with van der Waals surface area (Å²) in [5.41, 5.74) is 3.67. The van der Waals surface area contributed by atoms with Crippen LogP contribution >= 0.6 is 11.6 Å². The molecule has 104 valence electrons. The Morgan fingerprint density at radius 1 is 1.40 bits per heavy atom. The molecule has 3 aromatic heterocycles. The Balaban J connectivity index is 2.36. The lowest BCUT2D eigenvalue weighted by molar-refractivity contribution is 0.746. The van der Waals surface area contributed by atoms with Crippen molar-refractivity contribution in [2.75, 3.05) is 0 Å². The van der Waals surface area contributed by atoms with E-state index in [-0.39, 0.29) is 5.38 Å². The lowest BCUT2D eigenvalue weighted by atomic mass is 10.3. The SMILES string of the molecule is CCc1nn(C)cc1-n1c(C(C)Cl)nc2cccnc21. The molecular formula is C14H16ClN5. The number of pyridine rings is 1. The van der Waals surface area contributed by atoms with E-state index in [1.165, 1.54) is 0 Å². The maximum absolute atomic E-state index is 6.29. The van der Waals surface area contributed by atoms with Gasteiger partial charge < -0.3 is 0 Å². The summed E-state index contributed by atoms with van der Waals surface area (Å²) in [6.45, 7) is 4.00. The Morgan fingerprint density at radius 3 is 2.90 bits per heavy atom. The molecule has 0 aliphatic heterocycles. The number of halogens is 1. The summed E-state index contributed by atoms with van der Waals surface area (Å²) in [4.78, 5) is 9.05. The molecule has 0 aromatic carbocycles. The van der Waals surface area contributed by atoms with Crippen LogP contribution in [0.25, 0.3) is 16.9 Å². The summed E-state index contributed by atoms with van der Waals surface area (Å²) in [6.07, 6.45) is 4.60. The van der Waals surface area contributed by atoms with E-state index in [9.17, 15) is 0 Å². The van der Waals surface area contributed by atoms with Gasteiger partial charge in [-0.3, -0.25) is 9.25 Å². The third-order valence-corrected chi connectivity index (χ3v) is 3.45. The summed E-state index contributed by atoms with van der Waals surface area (Å²) >= 11 is 6.29.